The summed E-state index contributed by atoms with van der Waals surface area (Å²) < 4.78 is 11.2. The van der Waals surface area contributed by atoms with Crippen LogP contribution < -0.4 is 0 Å². The Bertz CT molecular complexity index is 3870. The first-order chi connectivity index (χ1) is 31.2. The molecule has 4 heterocycles. The average molecular weight is 823 g/mol. The van der Waals surface area contributed by atoms with E-state index >= 15 is 0 Å². The van der Waals surface area contributed by atoms with Crippen molar-refractivity contribution in [1.29, 1.82) is 0 Å². The first-order valence-corrected chi connectivity index (χ1v) is 21.9. The summed E-state index contributed by atoms with van der Waals surface area (Å²) in [6, 6.07) is 72.5. The van der Waals surface area contributed by atoms with Crippen molar-refractivity contribution >= 4 is 75.3 Å². The Morgan fingerprint density at radius 2 is 0.905 bits per heavy atom. The summed E-state index contributed by atoms with van der Waals surface area (Å²) in [6.07, 6.45) is 0. The van der Waals surface area contributed by atoms with E-state index in [1.807, 2.05) is 47.7 Å². The van der Waals surface area contributed by atoms with Crippen LogP contribution in [0.1, 0.15) is 0 Å². The standard InChI is InChI=1S/C57H34N4OS/c1-3-16-35(17-4-1)37-20-13-21-38(34-37)56-58-55(36-18-5-2-6-19-36)59-57(60-56)45-33-32-42(41-25-15-31-50-51(41)43-24-9-12-30-49(43)62-50)54-52(45)44-26-14-29-48(53(44)63-54)61-46-27-10-7-22-39(46)40-23-8-11-28-47(40)61/h1-34H. The highest BCUT2D eigenvalue weighted by Crippen LogP contribution is 2.49. The predicted octanol–water partition coefficient (Wildman–Crippen LogP) is 15.6. The summed E-state index contributed by atoms with van der Waals surface area (Å²) >= 11 is 1.83. The third kappa shape index (κ3) is 5.66. The van der Waals surface area contributed by atoms with Crippen LogP contribution >= 0.6 is 11.3 Å². The molecule has 0 aliphatic carbocycles. The zero-order valence-corrected chi connectivity index (χ0v) is 34.6. The van der Waals surface area contributed by atoms with Crippen LogP contribution in [0.15, 0.2) is 211 Å². The topological polar surface area (TPSA) is 56.7 Å². The highest BCUT2D eigenvalue weighted by molar-refractivity contribution is 7.27. The lowest BCUT2D eigenvalue weighted by Gasteiger charge is -2.12. The fourth-order valence-corrected chi connectivity index (χ4v) is 10.8. The minimum absolute atomic E-state index is 0.619. The summed E-state index contributed by atoms with van der Waals surface area (Å²) in [5.41, 5.74) is 12.5. The molecule has 294 valence electrons. The van der Waals surface area contributed by atoms with Crippen molar-refractivity contribution in [2.45, 2.75) is 0 Å². The normalized spacial score (nSPS) is 11.8. The van der Waals surface area contributed by atoms with Gasteiger partial charge in [-0.15, -0.1) is 11.3 Å². The predicted molar refractivity (Wildman–Crippen MR) is 262 cm³/mol. The quantitative estimate of drug-likeness (QED) is 0.168. The maximum Gasteiger partial charge on any atom is 0.164 e. The monoisotopic (exact) mass is 822 g/mol. The van der Waals surface area contributed by atoms with Gasteiger partial charge in [-0.2, -0.15) is 0 Å². The molecule has 5 nitrogen and oxygen atoms in total. The lowest BCUT2D eigenvalue weighted by Crippen LogP contribution is -2.00. The maximum absolute atomic E-state index is 6.45. The molecule has 0 amide bonds. The second-order valence-corrected chi connectivity index (χ2v) is 16.9. The molecule has 0 spiro atoms. The Kier molecular flexibility index (Phi) is 8.01. The molecule has 0 bridgehead atoms. The summed E-state index contributed by atoms with van der Waals surface area (Å²) in [5.74, 6) is 1.86. The smallest absolute Gasteiger partial charge is 0.164 e. The van der Waals surface area contributed by atoms with Gasteiger partial charge in [-0.1, -0.05) is 164 Å². The Morgan fingerprint density at radius 1 is 0.349 bits per heavy atom. The van der Waals surface area contributed by atoms with Gasteiger partial charge in [0.15, 0.2) is 17.5 Å². The third-order valence-corrected chi connectivity index (χ3v) is 13.5. The zero-order valence-electron chi connectivity index (χ0n) is 33.7. The number of furan rings is 1. The van der Waals surface area contributed by atoms with E-state index in [4.69, 9.17) is 19.4 Å². The molecule has 0 unspecified atom stereocenters. The van der Waals surface area contributed by atoms with Gasteiger partial charge in [-0.3, -0.25) is 0 Å². The maximum atomic E-state index is 6.45. The number of fused-ring (bicyclic) bond motifs is 9. The molecule has 13 rings (SSSR count). The van der Waals surface area contributed by atoms with Gasteiger partial charge < -0.3 is 8.98 Å². The minimum Gasteiger partial charge on any atom is -0.456 e. The summed E-state index contributed by atoms with van der Waals surface area (Å²) in [6.45, 7) is 0. The number of nitrogens with zero attached hydrogens (tertiary/aromatic N) is 4. The Hall–Kier alpha value is -8.19. The Labute approximate surface area is 365 Å². The average Bonchev–Trinajstić information content (AvgIpc) is 4.05. The Balaban J connectivity index is 1.12. The number of aromatic nitrogens is 4. The van der Waals surface area contributed by atoms with Gasteiger partial charge >= 0.3 is 0 Å². The molecule has 0 N–H and O–H groups in total. The van der Waals surface area contributed by atoms with Crippen LogP contribution in [0.25, 0.3) is 126 Å². The van der Waals surface area contributed by atoms with Gasteiger partial charge in [0, 0.05) is 59.3 Å². The van der Waals surface area contributed by atoms with E-state index in [0.717, 1.165) is 82.0 Å². The van der Waals surface area contributed by atoms with Crippen LogP contribution in [-0.4, -0.2) is 19.5 Å². The van der Waals surface area contributed by atoms with Crippen LogP contribution in [0.4, 0.5) is 0 Å². The molecule has 0 saturated carbocycles. The number of hydrogen-bond acceptors (Lipinski definition) is 5. The number of benzene rings is 9. The van der Waals surface area contributed by atoms with E-state index in [2.05, 4.69) is 174 Å². The SMILES string of the molecule is c1ccc(-c2cccc(-c3nc(-c4ccccc4)nc(-c4ccc(-c5cccc6oc7ccccc7c56)c5sc6c(-n7c8ccccc8c8ccccc87)cccc6c45)n3)c2)cc1. The summed E-state index contributed by atoms with van der Waals surface area (Å²) in [4.78, 5) is 15.8. The number of hydrogen-bond donors (Lipinski definition) is 0. The van der Waals surface area contributed by atoms with Crippen molar-refractivity contribution in [2.24, 2.45) is 0 Å². The number of rotatable bonds is 6. The number of para-hydroxylation sites is 3. The molecule has 0 saturated heterocycles. The van der Waals surface area contributed by atoms with E-state index in [1.54, 1.807) is 0 Å². The molecule has 63 heavy (non-hydrogen) atoms. The summed E-state index contributed by atoms with van der Waals surface area (Å²) in [5, 5.41) is 6.91. The lowest BCUT2D eigenvalue weighted by atomic mass is 9.95. The van der Waals surface area contributed by atoms with Gasteiger partial charge in [-0.25, -0.2) is 15.0 Å². The third-order valence-electron chi connectivity index (χ3n) is 12.3. The fraction of sp³-hybridized carbons (Fsp3) is 0. The lowest BCUT2D eigenvalue weighted by molar-refractivity contribution is 0.669. The number of thiophene rings is 1. The van der Waals surface area contributed by atoms with E-state index in [-0.39, 0.29) is 0 Å². The van der Waals surface area contributed by atoms with E-state index in [9.17, 15) is 0 Å². The van der Waals surface area contributed by atoms with Crippen LogP contribution in [0, 0.1) is 0 Å². The largest absolute Gasteiger partial charge is 0.456 e. The molecule has 0 aliphatic rings. The van der Waals surface area contributed by atoms with Gasteiger partial charge in [-0.05, 0) is 59.2 Å². The molecule has 0 aliphatic heterocycles. The van der Waals surface area contributed by atoms with E-state index in [0.29, 0.717) is 17.5 Å². The molecular weight excluding hydrogens is 789 g/mol. The molecule has 4 aromatic heterocycles. The first-order valence-electron chi connectivity index (χ1n) is 21.1. The molecule has 0 radical (unpaired) electrons. The Morgan fingerprint density at radius 3 is 1.68 bits per heavy atom. The molecule has 0 fully saturated rings. The van der Waals surface area contributed by atoms with Gasteiger partial charge in [0.05, 0.1) is 21.4 Å². The molecule has 6 heteroatoms. The summed E-state index contributed by atoms with van der Waals surface area (Å²) in [7, 11) is 0. The van der Waals surface area contributed by atoms with Crippen molar-refractivity contribution in [3.63, 3.8) is 0 Å². The van der Waals surface area contributed by atoms with Crippen molar-refractivity contribution in [3.05, 3.63) is 206 Å². The van der Waals surface area contributed by atoms with Crippen LogP contribution in [0.3, 0.4) is 0 Å². The molecule has 13 aromatic rings. The fourth-order valence-electron chi connectivity index (χ4n) is 9.45. The second kappa shape index (κ2) is 14.2. The van der Waals surface area contributed by atoms with Crippen molar-refractivity contribution < 1.29 is 4.42 Å². The molecule has 9 aromatic carbocycles. The molecule has 0 atom stereocenters. The molecular formula is C57H34N4OS. The highest BCUT2D eigenvalue weighted by atomic mass is 32.1. The second-order valence-electron chi connectivity index (χ2n) is 15.9. The minimum atomic E-state index is 0.619. The zero-order chi connectivity index (χ0) is 41.4. The van der Waals surface area contributed by atoms with Crippen LogP contribution in [0.2, 0.25) is 0 Å². The van der Waals surface area contributed by atoms with Crippen molar-refractivity contribution in [1.82, 2.24) is 19.5 Å². The van der Waals surface area contributed by atoms with Gasteiger partial charge in [0.2, 0.25) is 0 Å². The first kappa shape index (κ1) is 35.6. The van der Waals surface area contributed by atoms with Crippen LogP contribution in [-0.2, 0) is 0 Å². The van der Waals surface area contributed by atoms with E-state index < -0.39 is 0 Å². The van der Waals surface area contributed by atoms with Crippen molar-refractivity contribution in [2.75, 3.05) is 0 Å². The van der Waals surface area contributed by atoms with Gasteiger partial charge in [0.1, 0.15) is 11.2 Å². The van der Waals surface area contributed by atoms with Gasteiger partial charge in [0.25, 0.3) is 0 Å². The van der Waals surface area contributed by atoms with E-state index in [1.165, 1.54) is 26.5 Å². The highest BCUT2D eigenvalue weighted by Gasteiger charge is 2.24. The van der Waals surface area contributed by atoms with Crippen LogP contribution in [0.5, 0.6) is 0 Å². The van der Waals surface area contributed by atoms with Crippen molar-refractivity contribution in [3.8, 4) is 62.1 Å².